The number of carboxylic acid groups (broad SMARTS) is 1. The molecule has 3 nitrogen and oxygen atoms in total. The van der Waals surface area contributed by atoms with Crippen molar-refractivity contribution in [2.75, 3.05) is 0 Å². The molecule has 0 saturated heterocycles. The van der Waals surface area contributed by atoms with Crippen molar-refractivity contribution < 1.29 is 19.4 Å². The van der Waals surface area contributed by atoms with E-state index in [-0.39, 0.29) is 0 Å². The Morgan fingerprint density at radius 3 is 2.64 bits per heavy atom. The maximum atomic E-state index is 12.5. The van der Waals surface area contributed by atoms with Gasteiger partial charge in [-0.05, 0) is 12.1 Å². The van der Waals surface area contributed by atoms with E-state index < -0.39 is 23.1 Å². The summed E-state index contributed by atoms with van der Waals surface area (Å²) in [6.45, 7) is 0. The summed E-state index contributed by atoms with van der Waals surface area (Å²) in [5, 5.41) is 18.7. The Bertz CT molecular complexity index is 296. The molecule has 0 spiro atoms. The smallest absolute Gasteiger partial charge is 0.338 e. The van der Waals surface area contributed by atoms with Crippen molar-refractivity contribution in [1.82, 2.24) is 0 Å². The van der Waals surface area contributed by atoms with Gasteiger partial charge in [0.05, 0.1) is 5.56 Å². The molecule has 0 aliphatic carbocycles. The van der Waals surface area contributed by atoms with Crippen LogP contribution < -0.4 is 5.11 Å². The van der Waals surface area contributed by atoms with Gasteiger partial charge in [0.25, 0.3) is 0 Å². The predicted molar refractivity (Wildman–Crippen MR) is 32.8 cm³/mol. The van der Waals surface area contributed by atoms with E-state index in [2.05, 4.69) is 0 Å². The van der Waals surface area contributed by atoms with Crippen LogP contribution in [0.15, 0.2) is 18.2 Å². The fraction of sp³-hybridized carbons (Fsp3) is 0. The first kappa shape index (κ1) is 7.53. The lowest BCUT2D eigenvalue weighted by molar-refractivity contribution is -0.268. The minimum atomic E-state index is -1.37. The number of hydrogen-bond donors (Lipinski definition) is 1. The molecule has 0 atom stereocenters. The van der Waals surface area contributed by atoms with Gasteiger partial charge in [0, 0.05) is 0 Å². The molecule has 1 aromatic rings. The molecule has 1 N–H and O–H groups in total. The van der Waals surface area contributed by atoms with Crippen molar-refractivity contribution >= 4 is 5.97 Å². The quantitative estimate of drug-likeness (QED) is 0.645. The molecule has 0 heterocycles. The maximum absolute atomic E-state index is 12.5. The molecular weight excluding hydrogens is 151 g/mol. The first-order valence-corrected chi connectivity index (χ1v) is 2.81. The summed E-state index contributed by atoms with van der Waals surface area (Å²) in [6, 6.07) is 2.59. The average Bonchev–Trinajstić information content (AvgIpc) is 1.85. The van der Waals surface area contributed by atoms with Crippen LogP contribution in [0, 0.1) is 5.82 Å². The van der Waals surface area contributed by atoms with Crippen LogP contribution >= 0.6 is 0 Å². The second-order valence-electron chi connectivity index (χ2n) is 1.95. The Balaban J connectivity index is 3.20. The Kier molecular flexibility index (Phi) is 1.76. The Hall–Kier alpha value is -1.58. The zero-order valence-corrected chi connectivity index (χ0v) is 5.37. The van der Waals surface area contributed by atoms with Crippen LogP contribution in [0.2, 0.25) is 0 Å². The standard InChI is InChI=1S/C7H5FO3/c8-6-3-4(9)1-2-5(6)7(10)11/h1-3,9H,(H,10,11)/p-1. The Morgan fingerprint density at radius 1 is 1.55 bits per heavy atom. The lowest BCUT2D eigenvalue weighted by Crippen LogP contribution is -2.01. The van der Waals surface area contributed by atoms with Gasteiger partial charge in [0.15, 0.2) is 0 Å². The molecule has 0 unspecified atom stereocenters. The third-order valence-electron chi connectivity index (χ3n) is 1.17. The summed E-state index contributed by atoms with van der Waals surface area (Å²) in [5.41, 5.74) is -0.482. The van der Waals surface area contributed by atoms with Gasteiger partial charge in [-0.2, -0.15) is 0 Å². The number of carbonyl (C=O) groups is 1. The van der Waals surface area contributed by atoms with Crippen LogP contribution in [0.25, 0.3) is 0 Å². The fourth-order valence-corrected chi connectivity index (χ4v) is 0.669. The Labute approximate surface area is 61.7 Å². The second-order valence-corrected chi connectivity index (χ2v) is 1.95. The summed E-state index contributed by atoms with van der Waals surface area (Å²) >= 11 is 0. The van der Waals surface area contributed by atoms with Crippen molar-refractivity contribution in [3.63, 3.8) is 0 Å². The van der Waals surface area contributed by atoms with Gasteiger partial charge >= 0.3 is 5.97 Å². The van der Waals surface area contributed by atoms with Gasteiger partial charge in [-0.1, -0.05) is 6.07 Å². The molecule has 1 aromatic carbocycles. The molecule has 11 heavy (non-hydrogen) atoms. The third kappa shape index (κ3) is 1.46. The topological polar surface area (TPSA) is 60.4 Å². The van der Waals surface area contributed by atoms with Crippen LogP contribution in [0.5, 0.6) is 5.75 Å². The zero-order chi connectivity index (χ0) is 8.43. The van der Waals surface area contributed by atoms with E-state index in [1.54, 1.807) is 0 Å². The van der Waals surface area contributed by atoms with Crippen LogP contribution in [0.1, 0.15) is 10.4 Å². The highest BCUT2D eigenvalue weighted by Gasteiger charge is 2.07. The van der Waals surface area contributed by atoms with Crippen LogP contribution in [-0.4, -0.2) is 11.1 Å². The van der Waals surface area contributed by atoms with Crippen molar-refractivity contribution in [1.29, 1.82) is 0 Å². The minimum absolute atomic E-state index is 0.482. The van der Waals surface area contributed by atoms with Crippen LogP contribution in [-0.2, 0) is 0 Å². The van der Waals surface area contributed by atoms with Gasteiger partial charge in [0.1, 0.15) is 5.82 Å². The molecule has 1 rings (SSSR count). The first-order chi connectivity index (χ1) is 5.11. The van der Waals surface area contributed by atoms with E-state index in [0.29, 0.717) is 6.07 Å². The number of carboxylic acids is 1. The van der Waals surface area contributed by atoms with Crippen LogP contribution in [0.3, 0.4) is 0 Å². The molecule has 0 aromatic heterocycles. The number of rotatable bonds is 1. The zero-order valence-electron chi connectivity index (χ0n) is 5.37. The van der Waals surface area contributed by atoms with E-state index >= 15 is 0 Å². The molecular formula is C7H4FO3-. The fourth-order valence-electron chi connectivity index (χ4n) is 0.669. The van der Waals surface area contributed by atoms with Crippen molar-refractivity contribution in [2.45, 2.75) is 0 Å². The van der Waals surface area contributed by atoms with E-state index in [1.807, 2.05) is 0 Å². The number of benzene rings is 1. The van der Waals surface area contributed by atoms with Crippen molar-refractivity contribution in [2.24, 2.45) is 0 Å². The molecule has 0 aliphatic rings. The van der Waals surface area contributed by atoms with Gasteiger partial charge < -0.3 is 10.2 Å². The predicted octanol–water partition coefficient (Wildman–Crippen LogP) is 0.597. The molecule has 0 saturated carbocycles. The van der Waals surface area contributed by atoms with Gasteiger partial charge in [-0.25, -0.2) is 9.18 Å². The summed E-state index contributed by atoms with van der Waals surface area (Å²) in [5.74, 6) is -2.90. The lowest BCUT2D eigenvalue weighted by atomic mass is 10.2. The summed E-state index contributed by atoms with van der Waals surface area (Å²) in [4.78, 5) is 10.2. The first-order valence-electron chi connectivity index (χ1n) is 2.81. The van der Waals surface area contributed by atoms with Crippen molar-refractivity contribution in [3.8, 4) is 5.75 Å². The second kappa shape index (κ2) is 2.57. The van der Waals surface area contributed by atoms with Gasteiger partial charge in [-0.3, -0.25) is 0 Å². The highest BCUT2D eigenvalue weighted by Crippen LogP contribution is 2.12. The van der Waals surface area contributed by atoms with E-state index in [4.69, 9.17) is 5.11 Å². The highest BCUT2D eigenvalue weighted by atomic mass is 19.1. The molecule has 0 amide bonds. The van der Waals surface area contributed by atoms with E-state index in [0.717, 1.165) is 12.1 Å². The molecule has 0 fully saturated rings. The Morgan fingerprint density at radius 2 is 2.18 bits per heavy atom. The van der Waals surface area contributed by atoms with E-state index in [9.17, 15) is 14.3 Å². The largest absolute Gasteiger partial charge is 0.872 e. The summed E-state index contributed by atoms with van der Waals surface area (Å²) in [7, 11) is 0. The van der Waals surface area contributed by atoms with Crippen LogP contribution in [0.4, 0.5) is 4.39 Å². The summed E-state index contributed by atoms with van der Waals surface area (Å²) in [6.07, 6.45) is 0. The van der Waals surface area contributed by atoms with Gasteiger partial charge in [-0.15, -0.1) is 5.75 Å². The minimum Gasteiger partial charge on any atom is -0.872 e. The number of hydrogen-bond acceptors (Lipinski definition) is 2. The molecule has 0 aliphatic heterocycles. The molecule has 4 heteroatoms. The number of halogens is 1. The lowest BCUT2D eigenvalue weighted by Gasteiger charge is -2.04. The SMILES string of the molecule is O=C(O)c1ccc([O-])cc1F. The molecule has 0 radical (unpaired) electrons. The normalized spacial score (nSPS) is 9.55. The molecule has 0 bridgehead atoms. The van der Waals surface area contributed by atoms with E-state index in [1.165, 1.54) is 0 Å². The summed E-state index contributed by atoms with van der Waals surface area (Å²) < 4.78 is 12.5. The maximum Gasteiger partial charge on any atom is 0.338 e. The van der Waals surface area contributed by atoms with Gasteiger partial charge in [0.2, 0.25) is 0 Å². The van der Waals surface area contributed by atoms with Crippen molar-refractivity contribution in [3.05, 3.63) is 29.6 Å². The average molecular weight is 155 g/mol. The highest BCUT2D eigenvalue weighted by molar-refractivity contribution is 5.87. The monoisotopic (exact) mass is 155 g/mol. The number of aromatic carboxylic acids is 1. The molecule has 58 valence electrons. The third-order valence-corrected chi connectivity index (χ3v) is 1.17.